The van der Waals surface area contributed by atoms with Crippen molar-refractivity contribution >= 4 is 39.7 Å². The monoisotopic (exact) mass is 349 g/mol. The van der Waals surface area contributed by atoms with Crippen molar-refractivity contribution in [2.45, 2.75) is 25.7 Å². The summed E-state index contributed by atoms with van der Waals surface area (Å²) in [6, 6.07) is 0. The van der Waals surface area contributed by atoms with Gasteiger partial charge in [-0.05, 0) is 12.8 Å². The molecule has 0 aliphatic carbocycles. The molecule has 0 saturated carbocycles. The minimum Gasteiger partial charge on any atom is -0.481 e. The van der Waals surface area contributed by atoms with Crippen LogP contribution in [0.25, 0.3) is 0 Å². The van der Waals surface area contributed by atoms with Gasteiger partial charge in [-0.25, -0.2) is 0 Å². The van der Waals surface area contributed by atoms with E-state index in [1.165, 1.54) is 17.1 Å². The molecule has 0 atom stereocenters. The van der Waals surface area contributed by atoms with Crippen LogP contribution in [-0.4, -0.2) is 50.7 Å². The molecule has 8 heteroatoms. The number of unbranched alkanes of at least 4 members (excludes halogenated alkanes) is 2. The molecule has 112 valence electrons. The van der Waals surface area contributed by atoms with Crippen molar-refractivity contribution in [2.75, 3.05) is 11.9 Å². The fourth-order valence-corrected chi connectivity index (χ4v) is 1.37. The maximum atomic E-state index is 11.1. The van der Waals surface area contributed by atoms with Crippen LogP contribution in [-0.2, 0) is 19.2 Å². The molecular weight excluding hydrogens is 334 g/mol. The molecular formula is C12H16BrNO6. The van der Waals surface area contributed by atoms with Crippen LogP contribution in [0, 0.1) is 0 Å². The lowest BCUT2D eigenvalue weighted by molar-refractivity contribution is -0.138. The zero-order chi connectivity index (χ0) is 15.5. The van der Waals surface area contributed by atoms with Crippen molar-refractivity contribution in [3.8, 4) is 0 Å². The second-order valence-electron chi connectivity index (χ2n) is 3.89. The maximum absolute atomic E-state index is 11.1. The summed E-state index contributed by atoms with van der Waals surface area (Å²) in [4.78, 5) is 42.8. The van der Waals surface area contributed by atoms with Crippen LogP contribution in [0.4, 0.5) is 0 Å². The summed E-state index contributed by atoms with van der Waals surface area (Å²) in [6.45, 7) is 0.379. The third-order valence-corrected chi connectivity index (χ3v) is 2.77. The zero-order valence-corrected chi connectivity index (χ0v) is 12.3. The minimum atomic E-state index is -0.829. The molecule has 1 heterocycles. The first-order valence-corrected chi connectivity index (χ1v) is 7.03. The predicted molar refractivity (Wildman–Crippen MR) is 73.4 cm³/mol. The number of hydrogen-bond acceptors (Lipinski definition) is 4. The van der Waals surface area contributed by atoms with Gasteiger partial charge in [0.05, 0.1) is 0 Å². The van der Waals surface area contributed by atoms with Gasteiger partial charge >= 0.3 is 11.9 Å². The Balaban J connectivity index is 0.000000621. The van der Waals surface area contributed by atoms with Crippen LogP contribution >= 0.6 is 15.9 Å². The number of nitrogens with zero attached hydrogens (tertiary/aromatic N) is 1. The molecule has 7 nitrogen and oxygen atoms in total. The topological polar surface area (TPSA) is 112 Å². The largest absolute Gasteiger partial charge is 0.481 e. The van der Waals surface area contributed by atoms with E-state index >= 15 is 0 Å². The smallest absolute Gasteiger partial charge is 0.314 e. The van der Waals surface area contributed by atoms with Gasteiger partial charge in [-0.1, -0.05) is 22.4 Å². The predicted octanol–water partition coefficient (Wildman–Crippen LogP) is 1.02. The molecule has 0 radical (unpaired) electrons. The molecule has 2 amide bonds. The van der Waals surface area contributed by atoms with E-state index in [-0.39, 0.29) is 23.6 Å². The van der Waals surface area contributed by atoms with E-state index in [2.05, 4.69) is 15.9 Å². The Morgan fingerprint density at radius 2 is 1.50 bits per heavy atom. The van der Waals surface area contributed by atoms with E-state index in [0.717, 1.165) is 0 Å². The molecule has 20 heavy (non-hydrogen) atoms. The summed E-state index contributed by atoms with van der Waals surface area (Å²) in [7, 11) is 0. The summed E-state index contributed by atoms with van der Waals surface area (Å²) in [6.07, 6.45) is 4.59. The molecule has 0 aromatic rings. The lowest BCUT2D eigenvalue weighted by Crippen LogP contribution is -2.30. The van der Waals surface area contributed by atoms with Gasteiger partial charge in [0.15, 0.2) is 0 Å². The molecule has 1 aliphatic rings. The number of alkyl halides is 1. The van der Waals surface area contributed by atoms with E-state index in [1.54, 1.807) is 0 Å². The molecule has 1 rings (SSSR count). The molecule has 0 aromatic carbocycles. The highest BCUT2D eigenvalue weighted by Gasteiger charge is 2.22. The first-order valence-electron chi connectivity index (χ1n) is 5.91. The van der Waals surface area contributed by atoms with Gasteiger partial charge in [0, 0.05) is 25.1 Å². The number of carbonyl (C=O) groups is 4. The summed E-state index contributed by atoms with van der Waals surface area (Å²) in [5, 5.41) is 16.1. The SMILES string of the molecule is O=C(O)CBr.O=C(O)CCCCCN1C(=O)C=CC1=O. The molecule has 0 spiro atoms. The van der Waals surface area contributed by atoms with Crippen molar-refractivity contribution in [1.29, 1.82) is 0 Å². The van der Waals surface area contributed by atoms with Crippen molar-refractivity contribution in [3.05, 3.63) is 12.2 Å². The van der Waals surface area contributed by atoms with Gasteiger partial charge < -0.3 is 10.2 Å². The number of rotatable bonds is 7. The molecule has 0 aromatic heterocycles. The normalized spacial score (nSPS) is 13.2. The minimum absolute atomic E-state index is 0.0347. The summed E-state index contributed by atoms with van der Waals surface area (Å²) >= 11 is 2.71. The van der Waals surface area contributed by atoms with Crippen molar-refractivity contribution < 1.29 is 29.4 Å². The number of halogens is 1. The molecule has 2 N–H and O–H groups in total. The van der Waals surface area contributed by atoms with E-state index in [1.807, 2.05) is 0 Å². The Bertz CT molecular complexity index is 389. The van der Waals surface area contributed by atoms with Crippen molar-refractivity contribution in [2.24, 2.45) is 0 Å². The van der Waals surface area contributed by atoms with Crippen LogP contribution in [0.1, 0.15) is 25.7 Å². The third kappa shape index (κ3) is 8.41. The highest BCUT2D eigenvalue weighted by Crippen LogP contribution is 2.07. The average molecular weight is 350 g/mol. The fraction of sp³-hybridized carbons (Fsp3) is 0.500. The van der Waals surface area contributed by atoms with Crippen LogP contribution in [0.5, 0.6) is 0 Å². The van der Waals surface area contributed by atoms with Crippen LogP contribution < -0.4 is 0 Å². The number of imide groups is 1. The van der Waals surface area contributed by atoms with Crippen molar-refractivity contribution in [1.82, 2.24) is 4.90 Å². The number of carboxylic acids is 2. The van der Waals surface area contributed by atoms with Crippen LogP contribution in [0.2, 0.25) is 0 Å². The molecule has 0 saturated heterocycles. The van der Waals surface area contributed by atoms with Crippen LogP contribution in [0.15, 0.2) is 12.2 Å². The Morgan fingerprint density at radius 1 is 1.00 bits per heavy atom. The van der Waals surface area contributed by atoms with E-state index in [9.17, 15) is 19.2 Å². The number of carbonyl (C=O) groups excluding carboxylic acids is 2. The Morgan fingerprint density at radius 3 is 1.90 bits per heavy atom. The van der Waals surface area contributed by atoms with Gasteiger partial charge in [0.1, 0.15) is 5.33 Å². The Hall–Kier alpha value is -1.70. The quantitative estimate of drug-likeness (QED) is 0.403. The number of amides is 2. The van der Waals surface area contributed by atoms with E-state index in [0.29, 0.717) is 25.8 Å². The van der Waals surface area contributed by atoms with Gasteiger partial charge in [-0.3, -0.25) is 24.1 Å². The second-order valence-corrected chi connectivity index (χ2v) is 4.45. The van der Waals surface area contributed by atoms with Gasteiger partial charge in [-0.15, -0.1) is 0 Å². The highest BCUT2D eigenvalue weighted by molar-refractivity contribution is 9.09. The van der Waals surface area contributed by atoms with Gasteiger partial charge in [0.25, 0.3) is 11.8 Å². The second kappa shape index (κ2) is 10.1. The van der Waals surface area contributed by atoms with E-state index in [4.69, 9.17) is 10.2 Å². The molecule has 1 aliphatic heterocycles. The fourth-order valence-electron chi connectivity index (χ4n) is 1.37. The third-order valence-electron chi connectivity index (χ3n) is 2.29. The van der Waals surface area contributed by atoms with Gasteiger partial charge in [0.2, 0.25) is 0 Å². The molecule has 0 fully saturated rings. The highest BCUT2D eigenvalue weighted by atomic mass is 79.9. The lowest BCUT2D eigenvalue weighted by Gasteiger charge is -2.12. The molecule has 0 unspecified atom stereocenters. The lowest BCUT2D eigenvalue weighted by atomic mass is 10.2. The van der Waals surface area contributed by atoms with Crippen molar-refractivity contribution in [3.63, 3.8) is 0 Å². The van der Waals surface area contributed by atoms with Crippen LogP contribution in [0.3, 0.4) is 0 Å². The summed E-state index contributed by atoms with van der Waals surface area (Å²) in [5.74, 6) is -2.20. The number of carboxylic acid groups (broad SMARTS) is 2. The Kier molecular flexibility index (Phi) is 9.27. The maximum Gasteiger partial charge on any atom is 0.314 e. The zero-order valence-electron chi connectivity index (χ0n) is 10.7. The average Bonchev–Trinajstić information content (AvgIpc) is 2.70. The first kappa shape index (κ1) is 18.3. The standard InChI is InChI=1S/C10H13NO4.C2H3BrO2/c12-8-5-6-9(13)11(8)7-3-1-2-4-10(14)15;3-1-2(4)5/h5-6H,1-4,7H2,(H,14,15);1H2,(H,4,5). The number of aliphatic carboxylic acids is 2. The van der Waals surface area contributed by atoms with Gasteiger partial charge in [-0.2, -0.15) is 0 Å². The Labute approximate surface area is 124 Å². The summed E-state index contributed by atoms with van der Waals surface area (Å²) < 4.78 is 0. The molecule has 0 bridgehead atoms. The summed E-state index contributed by atoms with van der Waals surface area (Å²) in [5.41, 5.74) is 0. The number of hydrogen-bond donors (Lipinski definition) is 2. The van der Waals surface area contributed by atoms with E-state index < -0.39 is 11.9 Å². The first-order chi connectivity index (χ1) is 9.38.